The molecule has 1 unspecified atom stereocenters. The van der Waals surface area contributed by atoms with Crippen LogP contribution in [0.2, 0.25) is 0 Å². The van der Waals surface area contributed by atoms with Crippen LogP contribution in [-0.4, -0.2) is 37.2 Å². The molecule has 0 N–H and O–H groups in total. The highest BCUT2D eigenvalue weighted by atomic mass is 16.6. The topological polar surface area (TPSA) is 78.9 Å². The number of hydrogen-bond acceptors (Lipinski definition) is 6. The van der Waals surface area contributed by atoms with Crippen LogP contribution in [0.15, 0.2) is 146 Å². The van der Waals surface area contributed by atoms with Crippen LogP contribution in [0.3, 0.4) is 0 Å². The molecule has 0 heterocycles. The minimum atomic E-state index is -0.798. The Morgan fingerprint density at radius 2 is 0.500 bits per heavy atom. The van der Waals surface area contributed by atoms with E-state index in [9.17, 15) is 14.4 Å². The molecule has 0 aliphatic carbocycles. The third kappa shape index (κ3) is 66.1. The van der Waals surface area contributed by atoms with Gasteiger partial charge in [0.15, 0.2) is 6.10 Å². The second kappa shape index (κ2) is 68.8. The van der Waals surface area contributed by atoms with Crippen molar-refractivity contribution in [3.8, 4) is 0 Å². The summed E-state index contributed by atoms with van der Waals surface area (Å²) in [5.74, 6) is -0.926. The number of esters is 3. The molecule has 0 aromatic heterocycles. The maximum Gasteiger partial charge on any atom is 0.306 e. The maximum absolute atomic E-state index is 12.9. The van der Waals surface area contributed by atoms with Gasteiger partial charge in [-0.25, -0.2) is 0 Å². The Bertz CT molecular complexity index is 1780. The van der Waals surface area contributed by atoms with Gasteiger partial charge in [-0.2, -0.15) is 0 Å². The Hall–Kier alpha value is -4.71. The summed E-state index contributed by atoms with van der Waals surface area (Å²) in [7, 11) is 0. The van der Waals surface area contributed by atoms with E-state index in [0.717, 1.165) is 161 Å². The van der Waals surface area contributed by atoms with Crippen LogP contribution in [0.1, 0.15) is 297 Å². The van der Waals surface area contributed by atoms with Crippen molar-refractivity contribution in [2.75, 3.05) is 13.2 Å². The number of unbranched alkanes of at least 4 members (excludes halogenated alkanes) is 25. The fourth-order valence-corrected chi connectivity index (χ4v) is 9.00. The summed E-state index contributed by atoms with van der Waals surface area (Å²) in [4.78, 5) is 38.3. The summed E-state index contributed by atoms with van der Waals surface area (Å²) in [6, 6.07) is 0. The van der Waals surface area contributed by atoms with E-state index < -0.39 is 6.10 Å². The normalized spacial score (nSPS) is 13.1. The van der Waals surface area contributed by atoms with Gasteiger partial charge in [0.25, 0.3) is 0 Å². The first kappa shape index (κ1) is 77.3. The molecule has 464 valence electrons. The number of carbonyl (C=O) groups is 3. The molecule has 0 saturated heterocycles. The summed E-state index contributed by atoms with van der Waals surface area (Å²) in [5, 5.41) is 0. The van der Waals surface area contributed by atoms with E-state index in [1.165, 1.54) is 96.3 Å². The fraction of sp³-hybridized carbons (Fsp3) is 0.645. The van der Waals surface area contributed by atoms with Crippen LogP contribution in [0.4, 0.5) is 0 Å². The van der Waals surface area contributed by atoms with E-state index in [1.54, 1.807) is 0 Å². The predicted molar refractivity (Wildman–Crippen MR) is 357 cm³/mol. The third-order valence-electron chi connectivity index (χ3n) is 14.0. The second-order valence-corrected chi connectivity index (χ2v) is 22.0. The SMILES string of the molecule is CC/C=C\C/C=C\C/C=C\C/C=C\C/C=C\C/C=C\C/C=C\C/C=C\CCCCCCCCC(=O)OCC(COC(=O)CCCCCCC/C=C\CCC)OC(=O)CCCCCCCCCC/C=C\C/C=C\C/C=C\CCCCCCC. The molecule has 1 atom stereocenters. The van der Waals surface area contributed by atoms with Gasteiger partial charge < -0.3 is 14.2 Å². The predicted octanol–water partition coefficient (Wildman–Crippen LogP) is 23.5. The zero-order chi connectivity index (χ0) is 59.2. The molecule has 82 heavy (non-hydrogen) atoms. The van der Waals surface area contributed by atoms with Crippen molar-refractivity contribution in [3.05, 3.63) is 146 Å². The van der Waals surface area contributed by atoms with Crippen LogP contribution in [0.5, 0.6) is 0 Å². The molecule has 6 nitrogen and oxygen atoms in total. The van der Waals surface area contributed by atoms with Crippen molar-refractivity contribution in [3.63, 3.8) is 0 Å². The molecule has 0 aliphatic rings. The molecular weight excluding hydrogens is 1010 g/mol. The maximum atomic E-state index is 12.9. The lowest BCUT2D eigenvalue weighted by Gasteiger charge is -2.18. The molecule has 0 saturated carbocycles. The monoisotopic (exact) mass is 1130 g/mol. The zero-order valence-electron chi connectivity index (χ0n) is 53.2. The van der Waals surface area contributed by atoms with E-state index in [2.05, 4.69) is 167 Å². The van der Waals surface area contributed by atoms with Gasteiger partial charge in [0.2, 0.25) is 0 Å². The number of hydrogen-bond donors (Lipinski definition) is 0. The van der Waals surface area contributed by atoms with Crippen LogP contribution in [-0.2, 0) is 28.6 Å². The lowest BCUT2D eigenvalue weighted by Crippen LogP contribution is -2.30. The van der Waals surface area contributed by atoms with Gasteiger partial charge in [0, 0.05) is 19.3 Å². The van der Waals surface area contributed by atoms with Crippen LogP contribution < -0.4 is 0 Å². The quantitative estimate of drug-likeness (QED) is 0.0261. The molecule has 0 rings (SSSR count). The highest BCUT2D eigenvalue weighted by molar-refractivity contribution is 5.71. The Kier molecular flexibility index (Phi) is 64.8. The summed E-state index contributed by atoms with van der Waals surface area (Å²) in [6.45, 7) is 6.43. The summed E-state index contributed by atoms with van der Waals surface area (Å²) in [5.41, 5.74) is 0. The first-order valence-electron chi connectivity index (χ1n) is 33.8. The number of ether oxygens (including phenoxy) is 3. The van der Waals surface area contributed by atoms with Crippen LogP contribution >= 0.6 is 0 Å². The molecule has 0 fully saturated rings. The van der Waals surface area contributed by atoms with Gasteiger partial charge in [-0.15, -0.1) is 0 Å². The van der Waals surface area contributed by atoms with Crippen LogP contribution in [0.25, 0.3) is 0 Å². The summed E-state index contributed by atoms with van der Waals surface area (Å²) >= 11 is 0. The van der Waals surface area contributed by atoms with Gasteiger partial charge in [0.1, 0.15) is 13.2 Å². The minimum Gasteiger partial charge on any atom is -0.462 e. The molecule has 6 heteroatoms. The number of rotatable bonds is 60. The smallest absolute Gasteiger partial charge is 0.306 e. The molecule has 0 amide bonds. The third-order valence-corrected chi connectivity index (χ3v) is 14.0. The van der Waals surface area contributed by atoms with Gasteiger partial charge in [-0.3, -0.25) is 14.4 Å². The molecule has 0 bridgehead atoms. The average Bonchev–Trinajstić information content (AvgIpc) is 3.47. The van der Waals surface area contributed by atoms with E-state index in [1.807, 2.05) is 0 Å². The standard InChI is InChI=1S/C76H124O6/c1-4-7-10-13-16-19-22-24-26-28-30-32-34-35-36-37-38-39-40-41-43-44-46-48-50-52-54-57-60-63-66-69-75(78)81-72-73(71-80-74(77)68-65-62-59-56-21-18-15-12-9-6-3)82-76(79)70-67-64-61-58-55-53-51-49-47-45-42-33-31-29-27-25-23-20-17-14-11-8-5-2/h7,10,12,15-16,19,23-26,29-32,35-36,38-39,41-43,45-46,48,73H,4-6,8-9,11,13-14,17-18,20-22,27-28,33-34,37,40,44,47,49-72H2,1-3H3/b10-7-,15-12-,19-16-,25-23-,26-24-,31-29-,32-30-,36-35-,39-38-,43-41-,45-42-,48-46-. The first-order valence-corrected chi connectivity index (χ1v) is 33.8. The minimum absolute atomic E-state index is 0.0943. The van der Waals surface area contributed by atoms with Gasteiger partial charge in [0.05, 0.1) is 0 Å². The zero-order valence-corrected chi connectivity index (χ0v) is 53.2. The van der Waals surface area contributed by atoms with Gasteiger partial charge >= 0.3 is 17.9 Å². The van der Waals surface area contributed by atoms with E-state index >= 15 is 0 Å². The van der Waals surface area contributed by atoms with Gasteiger partial charge in [-0.05, 0) is 141 Å². The molecule has 0 spiro atoms. The largest absolute Gasteiger partial charge is 0.462 e. The average molecular weight is 1130 g/mol. The first-order chi connectivity index (χ1) is 40.5. The molecule has 0 radical (unpaired) electrons. The lowest BCUT2D eigenvalue weighted by atomic mass is 10.1. The highest BCUT2D eigenvalue weighted by Crippen LogP contribution is 2.15. The van der Waals surface area contributed by atoms with E-state index in [4.69, 9.17) is 14.2 Å². The highest BCUT2D eigenvalue weighted by Gasteiger charge is 2.19. The van der Waals surface area contributed by atoms with Crippen LogP contribution in [0, 0.1) is 0 Å². The fourth-order valence-electron chi connectivity index (χ4n) is 9.00. The summed E-state index contributed by atoms with van der Waals surface area (Å²) < 4.78 is 16.9. The Morgan fingerprint density at radius 1 is 0.256 bits per heavy atom. The summed E-state index contributed by atoms with van der Waals surface area (Å²) in [6.07, 6.45) is 98.6. The number of carbonyl (C=O) groups excluding carboxylic acids is 3. The van der Waals surface area contributed by atoms with Crippen molar-refractivity contribution in [2.45, 2.75) is 303 Å². The molecule has 0 aliphatic heterocycles. The Labute approximate surface area is 506 Å². The lowest BCUT2D eigenvalue weighted by molar-refractivity contribution is -0.167. The second-order valence-electron chi connectivity index (χ2n) is 22.0. The molecule has 0 aromatic rings. The van der Waals surface area contributed by atoms with Crippen molar-refractivity contribution in [1.29, 1.82) is 0 Å². The van der Waals surface area contributed by atoms with E-state index in [0.29, 0.717) is 19.3 Å². The van der Waals surface area contributed by atoms with E-state index in [-0.39, 0.29) is 31.1 Å². The van der Waals surface area contributed by atoms with Crippen molar-refractivity contribution in [1.82, 2.24) is 0 Å². The van der Waals surface area contributed by atoms with Crippen molar-refractivity contribution >= 4 is 17.9 Å². The Morgan fingerprint density at radius 3 is 0.805 bits per heavy atom. The number of allylic oxidation sites excluding steroid dienone is 24. The molecular formula is C76H124O6. The van der Waals surface area contributed by atoms with Crippen molar-refractivity contribution in [2.24, 2.45) is 0 Å². The van der Waals surface area contributed by atoms with Gasteiger partial charge in [-0.1, -0.05) is 282 Å². The molecule has 0 aromatic carbocycles. The Balaban J connectivity index is 4.31. The van der Waals surface area contributed by atoms with Crippen molar-refractivity contribution < 1.29 is 28.6 Å².